The first kappa shape index (κ1) is 8.25. The molecule has 1 aromatic rings. The molecular weight excluding hydrogens is 170 g/mol. The summed E-state index contributed by atoms with van der Waals surface area (Å²) in [5, 5.41) is 7.13. The van der Waals surface area contributed by atoms with Gasteiger partial charge in [-0.1, -0.05) is 0 Å². The molecule has 0 saturated heterocycles. The van der Waals surface area contributed by atoms with Crippen molar-refractivity contribution in [1.82, 2.24) is 15.1 Å². The molecule has 1 atom stereocenters. The Morgan fingerprint density at radius 2 is 2.62 bits per heavy atom. The molecule has 0 bridgehead atoms. The first-order valence-corrected chi connectivity index (χ1v) is 4.06. The van der Waals surface area contributed by atoms with E-state index in [1.165, 1.54) is 7.11 Å². The maximum absolute atomic E-state index is 11.3. The van der Waals surface area contributed by atoms with Gasteiger partial charge in [-0.15, -0.1) is 0 Å². The van der Waals surface area contributed by atoms with Crippen molar-refractivity contribution in [3.63, 3.8) is 0 Å². The molecule has 0 radical (unpaired) electrons. The van der Waals surface area contributed by atoms with Crippen LogP contribution >= 0.6 is 0 Å². The Hall–Kier alpha value is -1.36. The van der Waals surface area contributed by atoms with Crippen LogP contribution in [-0.4, -0.2) is 22.9 Å². The highest BCUT2D eigenvalue weighted by Gasteiger charge is 2.31. The second-order valence-electron chi connectivity index (χ2n) is 3.01. The van der Waals surface area contributed by atoms with Gasteiger partial charge < -0.3 is 4.74 Å². The van der Waals surface area contributed by atoms with Crippen LogP contribution in [0.25, 0.3) is 0 Å². The molecule has 0 spiro atoms. The lowest BCUT2D eigenvalue weighted by molar-refractivity contribution is -0.143. The van der Waals surface area contributed by atoms with Gasteiger partial charge in [-0.3, -0.25) is 10.00 Å². The molecule has 0 saturated carbocycles. The van der Waals surface area contributed by atoms with Crippen molar-refractivity contribution in [3.05, 3.63) is 17.5 Å². The molecule has 0 fully saturated rings. The zero-order valence-corrected chi connectivity index (χ0v) is 7.57. The van der Waals surface area contributed by atoms with Crippen molar-refractivity contribution < 1.29 is 9.53 Å². The average Bonchev–Trinajstić information content (AvgIpc) is 2.68. The van der Waals surface area contributed by atoms with Gasteiger partial charge in [0, 0.05) is 19.2 Å². The Kier molecular flexibility index (Phi) is 1.81. The summed E-state index contributed by atoms with van der Waals surface area (Å²) in [5.74, 6) is -0.258. The van der Waals surface area contributed by atoms with Crippen LogP contribution in [0.15, 0.2) is 6.20 Å². The van der Waals surface area contributed by atoms with Gasteiger partial charge in [-0.05, 0) is 0 Å². The SMILES string of the molecule is COC(=O)C1NCc2c1cnn2C. The Morgan fingerprint density at radius 1 is 1.85 bits per heavy atom. The summed E-state index contributed by atoms with van der Waals surface area (Å²) in [5.41, 5.74) is 1.98. The van der Waals surface area contributed by atoms with Gasteiger partial charge >= 0.3 is 5.97 Å². The van der Waals surface area contributed by atoms with Gasteiger partial charge in [-0.25, -0.2) is 4.79 Å². The maximum atomic E-state index is 11.3. The lowest BCUT2D eigenvalue weighted by Crippen LogP contribution is -2.23. The summed E-state index contributed by atoms with van der Waals surface area (Å²) >= 11 is 0. The number of hydrogen-bond acceptors (Lipinski definition) is 4. The van der Waals surface area contributed by atoms with Gasteiger partial charge in [0.05, 0.1) is 19.0 Å². The molecular formula is C8H11N3O2. The summed E-state index contributed by atoms with van der Waals surface area (Å²) in [6, 6.07) is -0.339. The second kappa shape index (κ2) is 2.85. The number of fused-ring (bicyclic) bond motifs is 1. The molecule has 1 aliphatic rings. The van der Waals surface area contributed by atoms with Gasteiger partial charge in [-0.2, -0.15) is 5.10 Å². The van der Waals surface area contributed by atoms with E-state index in [1.807, 2.05) is 7.05 Å². The minimum atomic E-state index is -0.339. The summed E-state index contributed by atoms with van der Waals surface area (Å²) in [6.07, 6.45) is 1.71. The van der Waals surface area contributed by atoms with E-state index < -0.39 is 0 Å². The molecule has 13 heavy (non-hydrogen) atoms. The zero-order valence-electron chi connectivity index (χ0n) is 7.57. The van der Waals surface area contributed by atoms with E-state index in [9.17, 15) is 4.79 Å². The lowest BCUT2D eigenvalue weighted by Gasteiger charge is -2.06. The summed E-state index contributed by atoms with van der Waals surface area (Å²) in [6.45, 7) is 0.672. The number of nitrogens with one attached hydrogen (secondary N) is 1. The van der Waals surface area contributed by atoms with E-state index in [2.05, 4.69) is 15.2 Å². The van der Waals surface area contributed by atoms with Crippen molar-refractivity contribution in [1.29, 1.82) is 0 Å². The largest absolute Gasteiger partial charge is 0.468 e. The van der Waals surface area contributed by atoms with Crippen LogP contribution in [0.3, 0.4) is 0 Å². The van der Waals surface area contributed by atoms with E-state index >= 15 is 0 Å². The van der Waals surface area contributed by atoms with Crippen LogP contribution < -0.4 is 5.32 Å². The van der Waals surface area contributed by atoms with Crippen molar-refractivity contribution in [3.8, 4) is 0 Å². The van der Waals surface area contributed by atoms with Crippen LogP contribution in [-0.2, 0) is 23.1 Å². The van der Waals surface area contributed by atoms with E-state index in [1.54, 1.807) is 10.9 Å². The molecule has 5 nitrogen and oxygen atoms in total. The molecule has 70 valence electrons. The van der Waals surface area contributed by atoms with Crippen molar-refractivity contribution in [2.75, 3.05) is 7.11 Å². The Labute approximate surface area is 75.7 Å². The van der Waals surface area contributed by atoms with Crippen molar-refractivity contribution >= 4 is 5.97 Å². The van der Waals surface area contributed by atoms with E-state index in [0.717, 1.165) is 11.3 Å². The van der Waals surface area contributed by atoms with Crippen molar-refractivity contribution in [2.45, 2.75) is 12.6 Å². The van der Waals surface area contributed by atoms with Gasteiger partial charge in [0.15, 0.2) is 0 Å². The predicted octanol–water partition coefficient (Wildman–Crippen LogP) is -0.263. The van der Waals surface area contributed by atoms with E-state index in [4.69, 9.17) is 0 Å². The van der Waals surface area contributed by atoms with E-state index in [0.29, 0.717) is 6.54 Å². The van der Waals surface area contributed by atoms with Crippen LogP contribution in [0.4, 0.5) is 0 Å². The maximum Gasteiger partial charge on any atom is 0.327 e. The highest BCUT2D eigenvalue weighted by Crippen LogP contribution is 2.24. The average molecular weight is 181 g/mol. The van der Waals surface area contributed by atoms with Crippen LogP contribution in [0, 0.1) is 0 Å². The second-order valence-corrected chi connectivity index (χ2v) is 3.01. The quantitative estimate of drug-likeness (QED) is 0.606. The number of esters is 1. The number of aromatic nitrogens is 2. The van der Waals surface area contributed by atoms with Gasteiger partial charge in [0.2, 0.25) is 0 Å². The molecule has 1 aliphatic heterocycles. The smallest absolute Gasteiger partial charge is 0.327 e. The third-order valence-electron chi connectivity index (χ3n) is 2.32. The fourth-order valence-corrected chi connectivity index (χ4v) is 1.57. The number of ether oxygens (including phenoxy) is 1. The fraction of sp³-hybridized carbons (Fsp3) is 0.500. The number of carbonyl (C=O) groups is 1. The zero-order chi connectivity index (χ0) is 9.42. The number of methoxy groups -OCH3 is 1. The molecule has 2 heterocycles. The molecule has 1 N–H and O–H groups in total. The Bertz CT molecular complexity index is 345. The highest BCUT2D eigenvalue weighted by molar-refractivity contribution is 5.78. The minimum Gasteiger partial charge on any atom is -0.468 e. The normalized spacial score (nSPS) is 20.0. The summed E-state index contributed by atoms with van der Waals surface area (Å²) in [4.78, 5) is 11.3. The number of rotatable bonds is 1. The standard InChI is InChI=1S/C8H11N3O2/c1-11-6-4-9-7(8(12)13-2)5(6)3-10-11/h3,7,9H,4H2,1-2H3. The summed E-state index contributed by atoms with van der Waals surface area (Å²) in [7, 11) is 3.25. The molecule has 0 aliphatic carbocycles. The molecule has 2 rings (SSSR count). The monoisotopic (exact) mass is 181 g/mol. The predicted molar refractivity (Wildman–Crippen MR) is 44.8 cm³/mol. The van der Waals surface area contributed by atoms with Crippen LogP contribution in [0.2, 0.25) is 0 Å². The van der Waals surface area contributed by atoms with Crippen molar-refractivity contribution in [2.24, 2.45) is 7.05 Å². The third kappa shape index (κ3) is 1.12. The molecule has 1 aromatic heterocycles. The Balaban J connectivity index is 2.33. The molecule has 0 aromatic carbocycles. The number of hydrogen-bond donors (Lipinski definition) is 1. The highest BCUT2D eigenvalue weighted by atomic mass is 16.5. The number of aryl methyl sites for hydroxylation is 1. The van der Waals surface area contributed by atoms with Crippen LogP contribution in [0.1, 0.15) is 17.3 Å². The minimum absolute atomic E-state index is 0.258. The molecule has 5 heteroatoms. The van der Waals surface area contributed by atoms with Gasteiger partial charge in [0.1, 0.15) is 6.04 Å². The summed E-state index contributed by atoms with van der Waals surface area (Å²) < 4.78 is 6.43. The molecule has 0 amide bonds. The van der Waals surface area contributed by atoms with Crippen LogP contribution in [0.5, 0.6) is 0 Å². The lowest BCUT2D eigenvalue weighted by atomic mass is 10.2. The molecule has 1 unspecified atom stereocenters. The fourth-order valence-electron chi connectivity index (χ4n) is 1.57. The van der Waals surface area contributed by atoms with Gasteiger partial charge in [0.25, 0.3) is 0 Å². The first-order chi connectivity index (χ1) is 6.24. The topological polar surface area (TPSA) is 56.1 Å². The Morgan fingerprint density at radius 3 is 3.31 bits per heavy atom. The van der Waals surface area contributed by atoms with E-state index in [-0.39, 0.29) is 12.0 Å². The third-order valence-corrected chi connectivity index (χ3v) is 2.32. The number of nitrogens with zero attached hydrogens (tertiary/aromatic N) is 2. The number of carbonyl (C=O) groups excluding carboxylic acids is 1. The first-order valence-electron chi connectivity index (χ1n) is 4.06.